The Balaban J connectivity index is 1.84. The molecule has 0 amide bonds. The largest absolute Gasteiger partial charge is 0.385 e. The highest BCUT2D eigenvalue weighted by atomic mass is 16.3. The minimum absolute atomic E-state index is 0.133. The summed E-state index contributed by atoms with van der Waals surface area (Å²) in [5, 5.41) is 12.5. The lowest BCUT2D eigenvalue weighted by Crippen LogP contribution is -2.52. The van der Waals surface area contributed by atoms with Crippen molar-refractivity contribution in [1.82, 2.24) is 4.90 Å². The molecule has 3 aromatic carbocycles. The van der Waals surface area contributed by atoms with Gasteiger partial charge in [-0.1, -0.05) is 117 Å². The summed E-state index contributed by atoms with van der Waals surface area (Å²) in [5.41, 5.74) is 2.74. The predicted molar refractivity (Wildman–Crippen MR) is 129 cm³/mol. The number of hydrogen-bond acceptors (Lipinski definition) is 2. The van der Waals surface area contributed by atoms with Crippen molar-refractivity contribution in [2.24, 2.45) is 5.92 Å². The van der Waals surface area contributed by atoms with Crippen LogP contribution >= 0.6 is 0 Å². The SMILES string of the molecule is CCCCC[C@@H]1[C@H](c2ccccc2)N(C)[C@@H](c2ccccc2)C[C@]1(O)c1ccccc1. The number of rotatable bonds is 7. The molecule has 0 spiro atoms. The summed E-state index contributed by atoms with van der Waals surface area (Å²) in [4.78, 5) is 2.51. The quantitative estimate of drug-likeness (QED) is 0.426. The molecule has 0 aliphatic carbocycles. The van der Waals surface area contributed by atoms with Crippen LogP contribution in [0.25, 0.3) is 0 Å². The van der Waals surface area contributed by atoms with E-state index in [1.807, 2.05) is 6.07 Å². The molecule has 0 saturated carbocycles. The van der Waals surface area contributed by atoms with Crippen molar-refractivity contribution in [2.75, 3.05) is 7.05 Å². The Labute approximate surface area is 187 Å². The van der Waals surface area contributed by atoms with Crippen LogP contribution in [0.1, 0.15) is 67.8 Å². The number of unbranched alkanes of at least 4 members (excludes halogenated alkanes) is 2. The van der Waals surface area contributed by atoms with Gasteiger partial charge in [0.15, 0.2) is 0 Å². The highest BCUT2D eigenvalue weighted by Gasteiger charge is 2.51. The molecule has 0 aromatic heterocycles. The molecule has 31 heavy (non-hydrogen) atoms. The van der Waals surface area contributed by atoms with Crippen molar-refractivity contribution in [3.8, 4) is 0 Å². The molecule has 2 heteroatoms. The van der Waals surface area contributed by atoms with Crippen LogP contribution in [0, 0.1) is 5.92 Å². The van der Waals surface area contributed by atoms with Crippen LogP contribution in [-0.4, -0.2) is 17.1 Å². The first-order valence-electron chi connectivity index (χ1n) is 11.7. The van der Waals surface area contributed by atoms with Crippen LogP contribution in [0.5, 0.6) is 0 Å². The predicted octanol–water partition coefficient (Wildman–Crippen LogP) is 6.89. The molecule has 1 N–H and O–H groups in total. The monoisotopic (exact) mass is 413 g/mol. The van der Waals surface area contributed by atoms with Crippen molar-refractivity contribution in [3.05, 3.63) is 108 Å². The first-order valence-corrected chi connectivity index (χ1v) is 11.7. The van der Waals surface area contributed by atoms with E-state index in [0.29, 0.717) is 6.42 Å². The zero-order chi connectivity index (χ0) is 21.7. The van der Waals surface area contributed by atoms with Crippen molar-refractivity contribution < 1.29 is 5.11 Å². The van der Waals surface area contributed by atoms with Crippen LogP contribution in [0.4, 0.5) is 0 Å². The van der Waals surface area contributed by atoms with Gasteiger partial charge in [-0.15, -0.1) is 0 Å². The van der Waals surface area contributed by atoms with Gasteiger partial charge in [-0.3, -0.25) is 4.90 Å². The molecule has 4 atom stereocenters. The standard InChI is InChI=1S/C29H35NO/c1-3-4-8-21-26-28(24-17-11-6-12-18-24)30(2)27(23-15-9-5-10-16-23)22-29(26,31)25-19-13-7-14-20-25/h5-7,9-20,26-28,31H,3-4,8,21-22H2,1-2H3/t26-,27-,28+,29+/m1/s1. The van der Waals surface area contributed by atoms with Gasteiger partial charge in [0.2, 0.25) is 0 Å². The molecule has 0 radical (unpaired) electrons. The van der Waals surface area contributed by atoms with E-state index in [1.54, 1.807) is 0 Å². The Morgan fingerprint density at radius 2 is 1.35 bits per heavy atom. The highest BCUT2D eigenvalue weighted by molar-refractivity contribution is 5.32. The van der Waals surface area contributed by atoms with Gasteiger partial charge in [0.25, 0.3) is 0 Å². The fourth-order valence-corrected chi connectivity index (χ4v) is 5.54. The third-order valence-corrected chi connectivity index (χ3v) is 7.15. The van der Waals surface area contributed by atoms with Crippen LogP contribution < -0.4 is 0 Å². The Kier molecular flexibility index (Phi) is 6.89. The lowest BCUT2D eigenvalue weighted by Gasteiger charge is -2.54. The van der Waals surface area contributed by atoms with Gasteiger partial charge in [0.1, 0.15) is 0 Å². The zero-order valence-electron chi connectivity index (χ0n) is 18.8. The molecule has 0 bridgehead atoms. The summed E-state index contributed by atoms with van der Waals surface area (Å²) in [6, 6.07) is 32.2. The molecule has 2 nitrogen and oxygen atoms in total. The van der Waals surface area contributed by atoms with Crippen molar-refractivity contribution in [3.63, 3.8) is 0 Å². The number of likely N-dealkylation sites (tertiary alicyclic amines) is 1. The molecular formula is C29H35NO. The molecule has 162 valence electrons. The molecule has 4 rings (SSSR count). The number of hydrogen-bond donors (Lipinski definition) is 1. The molecular weight excluding hydrogens is 378 g/mol. The van der Waals surface area contributed by atoms with E-state index in [4.69, 9.17) is 0 Å². The van der Waals surface area contributed by atoms with E-state index in [1.165, 1.54) is 24.0 Å². The maximum Gasteiger partial charge on any atom is 0.0961 e. The second kappa shape index (κ2) is 9.80. The summed E-state index contributed by atoms with van der Waals surface area (Å²) in [6.45, 7) is 2.25. The molecule has 3 aromatic rings. The van der Waals surface area contributed by atoms with E-state index in [0.717, 1.165) is 18.4 Å². The van der Waals surface area contributed by atoms with Gasteiger partial charge in [0.05, 0.1) is 5.60 Å². The second-order valence-corrected chi connectivity index (χ2v) is 9.04. The van der Waals surface area contributed by atoms with Gasteiger partial charge < -0.3 is 5.11 Å². The van der Waals surface area contributed by atoms with E-state index in [9.17, 15) is 5.11 Å². The average Bonchev–Trinajstić information content (AvgIpc) is 2.83. The van der Waals surface area contributed by atoms with Gasteiger partial charge in [-0.05, 0) is 30.2 Å². The smallest absolute Gasteiger partial charge is 0.0961 e. The summed E-state index contributed by atoms with van der Waals surface area (Å²) >= 11 is 0. The van der Waals surface area contributed by atoms with Crippen molar-refractivity contribution in [2.45, 2.75) is 56.7 Å². The number of benzene rings is 3. The molecule has 1 heterocycles. The van der Waals surface area contributed by atoms with Crippen molar-refractivity contribution in [1.29, 1.82) is 0 Å². The normalized spacial score (nSPS) is 26.6. The second-order valence-electron chi connectivity index (χ2n) is 9.04. The lowest BCUT2D eigenvalue weighted by atomic mass is 9.65. The summed E-state index contributed by atoms with van der Waals surface area (Å²) in [5.74, 6) is 0.133. The maximum absolute atomic E-state index is 12.5. The topological polar surface area (TPSA) is 23.5 Å². The Hall–Kier alpha value is -2.42. The van der Waals surface area contributed by atoms with Gasteiger partial charge in [-0.25, -0.2) is 0 Å². The third-order valence-electron chi connectivity index (χ3n) is 7.15. The average molecular weight is 414 g/mol. The fourth-order valence-electron chi connectivity index (χ4n) is 5.54. The molecule has 0 unspecified atom stereocenters. The first kappa shape index (κ1) is 21.8. The number of nitrogens with zero attached hydrogens (tertiary/aromatic N) is 1. The van der Waals surface area contributed by atoms with E-state index >= 15 is 0 Å². The Morgan fingerprint density at radius 3 is 1.94 bits per heavy atom. The fraction of sp³-hybridized carbons (Fsp3) is 0.379. The van der Waals surface area contributed by atoms with Crippen molar-refractivity contribution >= 4 is 0 Å². The molecule has 1 fully saturated rings. The number of aliphatic hydroxyl groups is 1. The Bertz CT molecular complexity index is 927. The van der Waals surface area contributed by atoms with E-state index < -0.39 is 5.60 Å². The van der Waals surface area contributed by atoms with Crippen LogP contribution in [0.2, 0.25) is 0 Å². The maximum atomic E-state index is 12.5. The summed E-state index contributed by atoms with van der Waals surface area (Å²) in [7, 11) is 2.24. The van der Waals surface area contributed by atoms with Crippen LogP contribution in [0.3, 0.4) is 0 Å². The summed E-state index contributed by atoms with van der Waals surface area (Å²) in [6.07, 6.45) is 5.26. The lowest BCUT2D eigenvalue weighted by molar-refractivity contribution is -0.130. The van der Waals surface area contributed by atoms with Gasteiger partial charge in [-0.2, -0.15) is 0 Å². The Morgan fingerprint density at radius 1 is 0.806 bits per heavy atom. The molecule has 1 aliphatic heterocycles. The van der Waals surface area contributed by atoms with Gasteiger partial charge >= 0.3 is 0 Å². The highest BCUT2D eigenvalue weighted by Crippen LogP contribution is 2.54. The zero-order valence-corrected chi connectivity index (χ0v) is 18.8. The third kappa shape index (κ3) is 4.46. The minimum atomic E-state index is -0.872. The van der Waals surface area contributed by atoms with E-state index in [2.05, 4.69) is 104 Å². The van der Waals surface area contributed by atoms with Crippen LogP contribution in [0.15, 0.2) is 91.0 Å². The molecule has 1 aliphatic rings. The number of piperidine rings is 1. The summed E-state index contributed by atoms with van der Waals surface area (Å²) < 4.78 is 0. The molecule has 1 saturated heterocycles. The van der Waals surface area contributed by atoms with Gasteiger partial charge in [0, 0.05) is 24.4 Å². The van der Waals surface area contributed by atoms with E-state index in [-0.39, 0.29) is 18.0 Å². The van der Waals surface area contributed by atoms with Crippen LogP contribution in [-0.2, 0) is 5.60 Å². The minimum Gasteiger partial charge on any atom is -0.385 e. The first-order chi connectivity index (χ1) is 15.1.